The summed E-state index contributed by atoms with van der Waals surface area (Å²) >= 11 is 0. The van der Waals surface area contributed by atoms with Crippen LogP contribution in [0.1, 0.15) is 181 Å². The number of aliphatic hydroxyl groups excluding tert-OH is 1. The van der Waals surface area contributed by atoms with E-state index < -0.39 is 66.2 Å². The van der Waals surface area contributed by atoms with Gasteiger partial charge in [0.15, 0.2) is 6.10 Å². The van der Waals surface area contributed by atoms with Crippen molar-refractivity contribution in [3.63, 3.8) is 0 Å². The Balaban J connectivity index is 2.35. The van der Waals surface area contributed by atoms with E-state index in [-0.39, 0.29) is 12.8 Å². The minimum Gasteiger partial charge on any atom is -0.462 e. The van der Waals surface area contributed by atoms with Gasteiger partial charge in [-0.25, -0.2) is 9.13 Å². The fourth-order valence-corrected chi connectivity index (χ4v) is 7.39. The van der Waals surface area contributed by atoms with E-state index in [4.69, 9.17) is 28.5 Å². The lowest BCUT2D eigenvalue weighted by Crippen LogP contribution is -2.30. The molecule has 0 aromatic rings. The quantitative estimate of drug-likeness (QED) is 0.0148. The average molecular weight is 869 g/mol. The van der Waals surface area contributed by atoms with Crippen LogP contribution in [0.4, 0.5) is 0 Å². The third-order valence-corrected chi connectivity index (χ3v) is 11.2. The molecule has 1 aliphatic heterocycles. The highest BCUT2D eigenvalue weighted by Gasteiger charge is 2.36. The van der Waals surface area contributed by atoms with Crippen molar-refractivity contribution < 1.29 is 66.3 Å². The van der Waals surface area contributed by atoms with Crippen LogP contribution < -0.4 is 0 Å². The Kier molecular flexibility index (Phi) is 33.1. The molecule has 1 saturated heterocycles. The van der Waals surface area contributed by atoms with E-state index in [0.29, 0.717) is 25.0 Å². The zero-order valence-corrected chi connectivity index (χ0v) is 37.4. The molecule has 0 aromatic carbocycles. The molecular formula is C42H78O14P2. The Morgan fingerprint density at radius 1 is 0.586 bits per heavy atom. The van der Waals surface area contributed by atoms with Gasteiger partial charge in [0.1, 0.15) is 12.7 Å². The molecule has 4 N–H and O–H groups in total. The van der Waals surface area contributed by atoms with Crippen LogP contribution in [0.15, 0.2) is 24.3 Å². The highest BCUT2D eigenvalue weighted by atomic mass is 31.2. The summed E-state index contributed by atoms with van der Waals surface area (Å²) in [7, 11) is -9.68. The number of phosphoric ester groups is 2. The van der Waals surface area contributed by atoms with Crippen LogP contribution in [-0.2, 0) is 46.5 Å². The fraction of sp³-hybridized carbons (Fsp3) is 0.857. The number of allylic oxidation sites excluding steroid dienone is 3. The van der Waals surface area contributed by atoms with Crippen molar-refractivity contribution in [2.45, 2.75) is 205 Å². The third-order valence-electron chi connectivity index (χ3n) is 9.73. The molecule has 0 radical (unpaired) electrons. The summed E-state index contributed by atoms with van der Waals surface area (Å²) in [6.07, 6.45) is 33.4. The normalized spacial score (nSPS) is 17.8. The molecule has 0 saturated carbocycles. The number of rotatable bonds is 41. The lowest BCUT2D eigenvalue weighted by molar-refractivity contribution is -0.161. The fourth-order valence-electron chi connectivity index (χ4n) is 6.23. The minimum atomic E-state index is -4.86. The van der Waals surface area contributed by atoms with E-state index in [1.807, 2.05) is 0 Å². The first kappa shape index (κ1) is 54.6. The molecule has 0 bridgehead atoms. The van der Waals surface area contributed by atoms with E-state index in [2.05, 4.69) is 47.2 Å². The van der Waals surface area contributed by atoms with Gasteiger partial charge in [-0.2, -0.15) is 0 Å². The smallest absolute Gasteiger partial charge is 0.462 e. The van der Waals surface area contributed by atoms with Crippen molar-refractivity contribution in [3.05, 3.63) is 24.3 Å². The van der Waals surface area contributed by atoms with Crippen LogP contribution >= 0.6 is 15.6 Å². The first-order valence-electron chi connectivity index (χ1n) is 22.2. The van der Waals surface area contributed by atoms with Gasteiger partial charge >= 0.3 is 27.6 Å². The number of carbonyl (C=O) groups excluding carboxylic acids is 2. The van der Waals surface area contributed by atoms with E-state index in [9.17, 15) is 28.7 Å². The van der Waals surface area contributed by atoms with Crippen molar-refractivity contribution >= 4 is 27.6 Å². The molecule has 0 aliphatic carbocycles. The summed E-state index contributed by atoms with van der Waals surface area (Å²) < 4.78 is 53.5. The largest absolute Gasteiger partial charge is 0.472 e. The maximum atomic E-state index is 12.7. The predicted molar refractivity (Wildman–Crippen MR) is 225 cm³/mol. The van der Waals surface area contributed by atoms with Gasteiger partial charge in [0.25, 0.3) is 0 Å². The third kappa shape index (κ3) is 35.3. The maximum Gasteiger partial charge on any atom is 0.472 e. The van der Waals surface area contributed by atoms with Crippen LogP contribution in [-0.4, -0.2) is 82.6 Å². The molecule has 5 atom stereocenters. The second kappa shape index (κ2) is 35.2. The van der Waals surface area contributed by atoms with Crippen molar-refractivity contribution in [2.24, 2.45) is 0 Å². The van der Waals surface area contributed by atoms with Crippen LogP contribution in [0, 0.1) is 0 Å². The second-order valence-corrected chi connectivity index (χ2v) is 18.0. The number of ether oxygens (including phenoxy) is 3. The summed E-state index contributed by atoms with van der Waals surface area (Å²) in [6.45, 7) is 1.70. The van der Waals surface area contributed by atoms with Gasteiger partial charge in [-0.05, 0) is 64.2 Å². The molecular weight excluding hydrogens is 790 g/mol. The molecule has 1 fully saturated rings. The number of carbonyl (C=O) groups is 2. The number of unbranched alkanes of at least 4 members (excludes halogenated alkanes) is 18. The molecule has 0 aromatic heterocycles. The topological polar surface area (TPSA) is 208 Å². The number of phosphoric acid groups is 2. The summed E-state index contributed by atoms with van der Waals surface area (Å²) in [6, 6.07) is 0. The van der Waals surface area contributed by atoms with E-state index in [0.717, 1.165) is 77.0 Å². The standard InChI is InChI=1S/C42H78O14P2/c1-3-5-7-8-9-10-11-12-13-14-15-16-21-24-28-32-42(45)55-38(36-54-58(49,50)53-34-37(43)33-52-57(46,47)48)35-51-41(44)31-27-23-20-18-17-19-22-26-30-40-39(56-40)29-25-6-4-2/h12-13,22,26,37-40,43H,3-11,14-21,23-25,27-36H2,1-2H3,(H,49,50)(H2,46,47,48)/b13-12-,26-22-/t37-,38+,39?,40?/m0/s1. The van der Waals surface area contributed by atoms with Gasteiger partial charge in [-0.15, -0.1) is 0 Å². The number of aliphatic hydroxyl groups is 1. The number of epoxide rings is 1. The Labute approximate surface area is 349 Å². The van der Waals surface area contributed by atoms with E-state index in [1.165, 1.54) is 64.2 Å². The van der Waals surface area contributed by atoms with Crippen molar-refractivity contribution in [1.29, 1.82) is 0 Å². The van der Waals surface area contributed by atoms with Crippen LogP contribution in [0.25, 0.3) is 0 Å². The van der Waals surface area contributed by atoms with Crippen LogP contribution in [0.3, 0.4) is 0 Å². The van der Waals surface area contributed by atoms with Crippen molar-refractivity contribution in [3.8, 4) is 0 Å². The maximum absolute atomic E-state index is 12.7. The lowest BCUT2D eigenvalue weighted by Gasteiger charge is -2.20. The Morgan fingerprint density at radius 3 is 1.66 bits per heavy atom. The van der Waals surface area contributed by atoms with Gasteiger partial charge in [0.2, 0.25) is 0 Å². The van der Waals surface area contributed by atoms with Crippen LogP contribution in [0.5, 0.6) is 0 Å². The van der Waals surface area contributed by atoms with E-state index in [1.54, 1.807) is 0 Å². The van der Waals surface area contributed by atoms with Gasteiger partial charge in [0, 0.05) is 12.8 Å². The number of hydrogen-bond donors (Lipinski definition) is 4. The summed E-state index contributed by atoms with van der Waals surface area (Å²) in [5, 5.41) is 9.75. The summed E-state index contributed by atoms with van der Waals surface area (Å²) in [5.74, 6) is -1.06. The number of hydrogen-bond acceptors (Lipinski definition) is 11. The lowest BCUT2D eigenvalue weighted by atomic mass is 10.1. The zero-order valence-electron chi connectivity index (χ0n) is 35.6. The molecule has 1 heterocycles. The average Bonchev–Trinajstić information content (AvgIpc) is 3.94. The van der Waals surface area contributed by atoms with Crippen LogP contribution in [0.2, 0.25) is 0 Å². The van der Waals surface area contributed by atoms with Gasteiger partial charge in [0.05, 0.1) is 32.0 Å². The molecule has 16 heteroatoms. The zero-order chi connectivity index (χ0) is 42.7. The molecule has 340 valence electrons. The molecule has 1 rings (SSSR count). The van der Waals surface area contributed by atoms with E-state index >= 15 is 0 Å². The molecule has 14 nitrogen and oxygen atoms in total. The molecule has 3 unspecified atom stereocenters. The van der Waals surface area contributed by atoms with Gasteiger partial charge in [-0.3, -0.25) is 23.2 Å². The first-order chi connectivity index (χ1) is 27.8. The first-order valence-corrected chi connectivity index (χ1v) is 25.2. The molecule has 0 amide bonds. The van der Waals surface area contributed by atoms with Gasteiger partial charge in [-0.1, -0.05) is 128 Å². The minimum absolute atomic E-state index is 0.117. The van der Waals surface area contributed by atoms with Crippen molar-refractivity contribution in [1.82, 2.24) is 0 Å². The molecule has 1 aliphatic rings. The highest BCUT2D eigenvalue weighted by Crippen LogP contribution is 2.44. The monoisotopic (exact) mass is 868 g/mol. The Hall–Kier alpha value is -1.44. The predicted octanol–water partition coefficient (Wildman–Crippen LogP) is 10.1. The highest BCUT2D eigenvalue weighted by molar-refractivity contribution is 7.47. The van der Waals surface area contributed by atoms with Crippen molar-refractivity contribution in [2.75, 3.05) is 26.4 Å². The molecule has 58 heavy (non-hydrogen) atoms. The Bertz CT molecular complexity index is 1190. The second-order valence-electron chi connectivity index (χ2n) is 15.4. The molecule has 0 spiro atoms. The van der Waals surface area contributed by atoms with Gasteiger partial charge < -0.3 is 34.0 Å². The Morgan fingerprint density at radius 2 is 1.07 bits per heavy atom. The SMILES string of the molecule is CCCCCCCC/C=C\CCCCCCCC(=O)O[C@H](COC(=O)CCCCCCC/C=C\CC1OC1CCCCC)COP(=O)(O)OC[C@@H](O)COP(=O)(O)O. The number of esters is 2. The summed E-state index contributed by atoms with van der Waals surface area (Å²) in [4.78, 5) is 52.7. The summed E-state index contributed by atoms with van der Waals surface area (Å²) in [5.41, 5.74) is 0.